The van der Waals surface area contributed by atoms with E-state index in [1.165, 1.54) is 24.8 Å². The highest BCUT2D eigenvalue weighted by Gasteiger charge is 2.22. The Labute approximate surface area is 190 Å². The van der Waals surface area contributed by atoms with Crippen molar-refractivity contribution in [3.8, 4) is 5.75 Å². The van der Waals surface area contributed by atoms with Crippen molar-refractivity contribution in [3.05, 3.63) is 54.4 Å². The molecule has 0 saturated carbocycles. The van der Waals surface area contributed by atoms with E-state index in [2.05, 4.69) is 43.0 Å². The van der Waals surface area contributed by atoms with E-state index < -0.39 is 0 Å². The number of carbonyl (C=O) groups is 1. The van der Waals surface area contributed by atoms with Gasteiger partial charge in [-0.1, -0.05) is 18.6 Å². The van der Waals surface area contributed by atoms with Crippen LogP contribution in [0.3, 0.4) is 0 Å². The molecule has 0 aliphatic carbocycles. The summed E-state index contributed by atoms with van der Waals surface area (Å²) >= 11 is 0. The highest BCUT2D eigenvalue weighted by Crippen LogP contribution is 2.25. The smallest absolute Gasteiger partial charge is 0.246 e. The van der Waals surface area contributed by atoms with Crippen LogP contribution in [0.5, 0.6) is 5.75 Å². The number of nitrogens with one attached hydrogen (secondary N) is 3. The summed E-state index contributed by atoms with van der Waals surface area (Å²) in [6.45, 7) is 5.62. The third-order valence-electron chi connectivity index (χ3n) is 5.47. The third kappa shape index (κ3) is 7.23. The Kier molecular flexibility index (Phi) is 9.31. The molecule has 32 heavy (non-hydrogen) atoms. The first kappa shape index (κ1) is 23.5. The Hall–Kier alpha value is -3.13. The number of hydrogen-bond donors (Lipinski definition) is 3. The second kappa shape index (κ2) is 12.7. The lowest BCUT2D eigenvalue weighted by Gasteiger charge is -2.35. The Morgan fingerprint density at radius 1 is 1.16 bits per heavy atom. The molecule has 0 radical (unpaired) electrons. The lowest BCUT2D eigenvalue weighted by molar-refractivity contribution is -0.114. The average Bonchev–Trinajstić information content (AvgIpc) is 2.84. The summed E-state index contributed by atoms with van der Waals surface area (Å²) in [5.74, 6) is 1.30. The van der Waals surface area contributed by atoms with Crippen molar-refractivity contribution < 1.29 is 9.53 Å². The van der Waals surface area contributed by atoms with Crippen molar-refractivity contribution in [2.24, 2.45) is 4.99 Å². The van der Waals surface area contributed by atoms with Gasteiger partial charge in [0, 0.05) is 19.3 Å². The Bertz CT molecular complexity index is 851. The van der Waals surface area contributed by atoms with Crippen molar-refractivity contribution in [3.63, 3.8) is 0 Å². The van der Waals surface area contributed by atoms with Crippen LogP contribution >= 0.6 is 0 Å². The van der Waals surface area contributed by atoms with Gasteiger partial charge in [-0.2, -0.15) is 0 Å². The molecule has 8 nitrogen and oxygen atoms in total. The van der Waals surface area contributed by atoms with Crippen LogP contribution in [0.4, 0.5) is 5.69 Å². The number of pyridine rings is 1. The molecule has 1 unspecified atom stereocenters. The van der Waals surface area contributed by atoms with E-state index in [-0.39, 0.29) is 18.5 Å². The maximum Gasteiger partial charge on any atom is 0.246 e. The lowest BCUT2D eigenvalue weighted by Crippen LogP contribution is -2.44. The van der Waals surface area contributed by atoms with Gasteiger partial charge in [0.15, 0.2) is 5.96 Å². The summed E-state index contributed by atoms with van der Waals surface area (Å²) < 4.78 is 5.32. The molecule has 1 saturated heterocycles. The topological polar surface area (TPSA) is 90.9 Å². The van der Waals surface area contributed by atoms with Crippen molar-refractivity contribution in [2.45, 2.75) is 32.2 Å². The van der Waals surface area contributed by atoms with Gasteiger partial charge in [-0.05, 0) is 62.7 Å². The van der Waals surface area contributed by atoms with Crippen LogP contribution in [0.1, 0.15) is 37.8 Å². The Morgan fingerprint density at radius 3 is 2.59 bits per heavy atom. The molecule has 3 N–H and O–H groups in total. The number of rotatable bonds is 9. The van der Waals surface area contributed by atoms with Crippen LogP contribution in [0.25, 0.3) is 0 Å². The van der Waals surface area contributed by atoms with E-state index in [4.69, 9.17) is 4.74 Å². The number of anilines is 1. The number of guanidine groups is 1. The molecule has 1 aromatic carbocycles. The Balaban J connectivity index is 1.64. The van der Waals surface area contributed by atoms with Crippen molar-refractivity contribution in [1.29, 1.82) is 0 Å². The summed E-state index contributed by atoms with van der Waals surface area (Å²) in [6.07, 6.45) is 7.01. The molecule has 1 amide bonds. The van der Waals surface area contributed by atoms with E-state index in [0.29, 0.717) is 24.7 Å². The first-order chi connectivity index (χ1) is 15.7. The normalized spacial score (nSPS) is 15.6. The minimum atomic E-state index is -0.182. The number of ether oxygens (including phenoxy) is 1. The molecular formula is C24H34N6O2. The van der Waals surface area contributed by atoms with E-state index in [1.807, 2.05) is 19.1 Å². The predicted octanol–water partition coefficient (Wildman–Crippen LogP) is 2.81. The van der Waals surface area contributed by atoms with Crippen LogP contribution in [0.2, 0.25) is 0 Å². The fourth-order valence-corrected chi connectivity index (χ4v) is 3.84. The van der Waals surface area contributed by atoms with Gasteiger partial charge in [-0.3, -0.25) is 14.7 Å². The van der Waals surface area contributed by atoms with Gasteiger partial charge in [0.1, 0.15) is 12.3 Å². The fourth-order valence-electron chi connectivity index (χ4n) is 3.84. The second-order valence-corrected chi connectivity index (χ2v) is 7.75. The molecule has 3 rings (SSSR count). The van der Waals surface area contributed by atoms with Crippen LogP contribution in [0.15, 0.2) is 53.8 Å². The molecule has 1 atom stereocenters. The number of aliphatic imine (C=N–C) groups is 1. The minimum absolute atomic E-state index is 0.0289. The highest BCUT2D eigenvalue weighted by atomic mass is 16.5. The van der Waals surface area contributed by atoms with Gasteiger partial charge in [0.2, 0.25) is 5.91 Å². The van der Waals surface area contributed by atoms with Gasteiger partial charge >= 0.3 is 0 Å². The quantitative estimate of drug-likeness (QED) is 0.412. The second-order valence-electron chi connectivity index (χ2n) is 7.75. The SMILES string of the molecule is CCNC(=NCC(=O)Nc1cccnc1)NCC(c1ccc(OC)cc1)N1CCCCC1. The molecule has 1 fully saturated rings. The Morgan fingerprint density at radius 2 is 1.94 bits per heavy atom. The third-order valence-corrected chi connectivity index (χ3v) is 5.47. The number of likely N-dealkylation sites (tertiary alicyclic amines) is 1. The molecule has 1 aromatic heterocycles. The van der Waals surface area contributed by atoms with Crippen LogP contribution in [-0.4, -0.2) is 61.6 Å². The summed E-state index contributed by atoms with van der Waals surface area (Å²) in [7, 11) is 1.68. The summed E-state index contributed by atoms with van der Waals surface area (Å²) in [4.78, 5) is 23.3. The number of carbonyl (C=O) groups excluding carboxylic acids is 1. The zero-order chi connectivity index (χ0) is 22.6. The van der Waals surface area contributed by atoms with Crippen LogP contribution < -0.4 is 20.7 Å². The molecule has 2 aromatic rings. The van der Waals surface area contributed by atoms with Crippen molar-refractivity contribution in [2.75, 3.05) is 45.2 Å². The monoisotopic (exact) mass is 438 g/mol. The van der Waals surface area contributed by atoms with Gasteiger partial charge in [-0.15, -0.1) is 0 Å². The maximum atomic E-state index is 12.3. The molecule has 1 aliphatic heterocycles. The molecule has 2 heterocycles. The number of benzene rings is 1. The molecule has 8 heteroatoms. The largest absolute Gasteiger partial charge is 0.497 e. The zero-order valence-corrected chi connectivity index (χ0v) is 19.0. The first-order valence-electron chi connectivity index (χ1n) is 11.3. The first-order valence-corrected chi connectivity index (χ1v) is 11.3. The molecule has 1 aliphatic rings. The fraction of sp³-hybridized carbons (Fsp3) is 0.458. The van der Waals surface area contributed by atoms with Crippen molar-refractivity contribution >= 4 is 17.6 Å². The van der Waals surface area contributed by atoms with Gasteiger partial charge in [-0.25, -0.2) is 4.99 Å². The van der Waals surface area contributed by atoms with Crippen LogP contribution in [0, 0.1) is 0 Å². The number of piperidine rings is 1. The molecule has 0 spiro atoms. The van der Waals surface area contributed by atoms with E-state index >= 15 is 0 Å². The van der Waals surface area contributed by atoms with E-state index in [9.17, 15) is 4.79 Å². The number of aromatic nitrogens is 1. The number of methoxy groups -OCH3 is 1. The summed E-state index contributed by atoms with van der Waals surface area (Å²) in [5.41, 5.74) is 1.90. The zero-order valence-electron chi connectivity index (χ0n) is 19.0. The average molecular weight is 439 g/mol. The minimum Gasteiger partial charge on any atom is -0.497 e. The summed E-state index contributed by atoms with van der Waals surface area (Å²) in [5, 5.41) is 9.48. The summed E-state index contributed by atoms with van der Waals surface area (Å²) in [6, 6.07) is 12.1. The molecule has 0 bridgehead atoms. The van der Waals surface area contributed by atoms with Crippen LogP contribution in [-0.2, 0) is 4.79 Å². The van der Waals surface area contributed by atoms with Crippen molar-refractivity contribution in [1.82, 2.24) is 20.5 Å². The van der Waals surface area contributed by atoms with Gasteiger partial charge < -0.3 is 20.7 Å². The van der Waals surface area contributed by atoms with Gasteiger partial charge in [0.05, 0.1) is 25.0 Å². The predicted molar refractivity (Wildman–Crippen MR) is 128 cm³/mol. The van der Waals surface area contributed by atoms with E-state index in [1.54, 1.807) is 31.6 Å². The lowest BCUT2D eigenvalue weighted by atomic mass is 10.0. The number of nitrogens with zero attached hydrogens (tertiary/aromatic N) is 3. The molecular weight excluding hydrogens is 404 g/mol. The standard InChI is InChI=1S/C24H34N6O2/c1-3-26-24(28-18-23(31)29-20-8-7-13-25-16-20)27-17-22(30-14-5-4-6-15-30)19-9-11-21(32-2)12-10-19/h7-13,16,22H,3-6,14-15,17-18H2,1-2H3,(H,29,31)(H2,26,27,28). The van der Waals surface area contributed by atoms with Gasteiger partial charge in [0.25, 0.3) is 0 Å². The molecule has 172 valence electrons. The number of hydrogen-bond acceptors (Lipinski definition) is 5. The maximum absolute atomic E-state index is 12.3. The van der Waals surface area contributed by atoms with E-state index in [0.717, 1.165) is 18.8 Å². The highest BCUT2D eigenvalue weighted by molar-refractivity contribution is 5.93. The number of amides is 1.